The normalized spacial score (nSPS) is 9.56. The summed E-state index contributed by atoms with van der Waals surface area (Å²) >= 11 is 0. The lowest BCUT2D eigenvalue weighted by Crippen LogP contribution is -2.04. The molecule has 0 heterocycles. The highest BCUT2D eigenvalue weighted by molar-refractivity contribution is 6.09. The third kappa shape index (κ3) is 2.08. The lowest BCUT2D eigenvalue weighted by Gasteiger charge is -1.98. The highest BCUT2D eigenvalue weighted by Crippen LogP contribution is 2.10. The van der Waals surface area contributed by atoms with E-state index in [9.17, 15) is 0 Å². The highest BCUT2D eigenvalue weighted by Gasteiger charge is 2.14. The SMILES string of the molecule is Cc1cccc(C(=[N+]=[N-])c2ccccc2)c1. The Morgan fingerprint density at radius 1 is 0.938 bits per heavy atom. The monoisotopic (exact) mass is 208 g/mol. The fourth-order valence-electron chi connectivity index (χ4n) is 1.67. The summed E-state index contributed by atoms with van der Waals surface area (Å²) in [5, 5.41) is 0. The average Bonchev–Trinajstić information content (AvgIpc) is 2.31. The highest BCUT2D eigenvalue weighted by atomic mass is 14.9. The predicted octanol–water partition coefficient (Wildman–Crippen LogP) is 3.06. The van der Waals surface area contributed by atoms with Gasteiger partial charge in [0.15, 0.2) is 0 Å². The Morgan fingerprint density at radius 2 is 1.62 bits per heavy atom. The van der Waals surface area contributed by atoms with Crippen LogP contribution in [-0.2, 0) is 0 Å². The first-order chi connectivity index (χ1) is 7.81. The Bertz CT molecular complexity index is 538. The molecule has 0 aliphatic carbocycles. The summed E-state index contributed by atoms with van der Waals surface area (Å²) in [6.07, 6.45) is 0. The smallest absolute Gasteiger partial charge is 0.329 e. The van der Waals surface area contributed by atoms with Crippen molar-refractivity contribution < 1.29 is 4.79 Å². The van der Waals surface area contributed by atoms with E-state index in [1.165, 1.54) is 0 Å². The maximum atomic E-state index is 9.11. The van der Waals surface area contributed by atoms with Gasteiger partial charge in [-0.05, 0) is 31.2 Å². The van der Waals surface area contributed by atoms with Crippen LogP contribution in [0.5, 0.6) is 0 Å². The van der Waals surface area contributed by atoms with Gasteiger partial charge in [-0.2, -0.15) is 4.79 Å². The van der Waals surface area contributed by atoms with Crippen LogP contribution in [-0.4, -0.2) is 10.5 Å². The van der Waals surface area contributed by atoms with Crippen molar-refractivity contribution in [3.63, 3.8) is 0 Å². The van der Waals surface area contributed by atoms with E-state index >= 15 is 0 Å². The van der Waals surface area contributed by atoms with Gasteiger partial charge >= 0.3 is 5.71 Å². The molecule has 0 saturated carbocycles. The Labute approximate surface area is 94.8 Å². The second kappa shape index (κ2) is 4.56. The molecule has 0 saturated heterocycles. The molecule has 0 N–H and O–H groups in total. The van der Waals surface area contributed by atoms with Crippen LogP contribution in [0.2, 0.25) is 0 Å². The first kappa shape index (κ1) is 10.3. The molecular weight excluding hydrogens is 196 g/mol. The van der Waals surface area contributed by atoms with E-state index in [0.717, 1.165) is 16.7 Å². The summed E-state index contributed by atoms with van der Waals surface area (Å²) < 4.78 is 0. The van der Waals surface area contributed by atoms with Gasteiger partial charge in [-0.3, -0.25) is 0 Å². The zero-order valence-corrected chi connectivity index (χ0v) is 9.09. The summed E-state index contributed by atoms with van der Waals surface area (Å²) in [7, 11) is 0. The summed E-state index contributed by atoms with van der Waals surface area (Å²) in [4.78, 5) is 3.39. The van der Waals surface area contributed by atoms with Crippen molar-refractivity contribution in [1.29, 1.82) is 0 Å². The molecule has 2 aromatic rings. The molecule has 0 amide bonds. The summed E-state index contributed by atoms with van der Waals surface area (Å²) in [6.45, 7) is 2.02. The van der Waals surface area contributed by atoms with E-state index in [4.69, 9.17) is 5.53 Å². The first-order valence-electron chi connectivity index (χ1n) is 5.16. The predicted molar refractivity (Wildman–Crippen MR) is 64.5 cm³/mol. The lowest BCUT2D eigenvalue weighted by molar-refractivity contribution is -0.00279. The van der Waals surface area contributed by atoms with E-state index in [1.807, 2.05) is 61.5 Å². The van der Waals surface area contributed by atoms with Crippen LogP contribution >= 0.6 is 0 Å². The van der Waals surface area contributed by atoms with Crippen LogP contribution in [0, 0.1) is 6.92 Å². The maximum Gasteiger partial charge on any atom is 0.329 e. The second-order valence-corrected chi connectivity index (χ2v) is 3.68. The average molecular weight is 208 g/mol. The molecule has 0 aliphatic heterocycles. The molecule has 0 radical (unpaired) electrons. The zero-order chi connectivity index (χ0) is 11.4. The van der Waals surface area contributed by atoms with Crippen molar-refractivity contribution in [2.24, 2.45) is 0 Å². The van der Waals surface area contributed by atoms with Crippen molar-refractivity contribution in [2.45, 2.75) is 6.92 Å². The standard InChI is InChI=1S/C14H12N2/c1-11-6-5-9-13(10-11)14(16-15)12-7-3-2-4-8-12/h2-10H,1H3. The van der Waals surface area contributed by atoms with Crippen LogP contribution < -0.4 is 0 Å². The Kier molecular flexibility index (Phi) is 2.95. The summed E-state index contributed by atoms with van der Waals surface area (Å²) in [6, 6.07) is 17.6. The molecule has 78 valence electrons. The zero-order valence-electron chi connectivity index (χ0n) is 9.09. The van der Waals surface area contributed by atoms with Crippen molar-refractivity contribution in [3.8, 4) is 0 Å². The molecule has 0 aromatic heterocycles. The topological polar surface area (TPSA) is 36.4 Å². The molecule has 0 spiro atoms. The minimum absolute atomic E-state index is 0.601. The fraction of sp³-hybridized carbons (Fsp3) is 0.0714. The lowest BCUT2D eigenvalue weighted by atomic mass is 10.0. The minimum Gasteiger partial charge on any atom is -0.361 e. The van der Waals surface area contributed by atoms with Crippen LogP contribution in [0.1, 0.15) is 16.7 Å². The van der Waals surface area contributed by atoms with E-state index in [0.29, 0.717) is 5.71 Å². The number of hydrogen-bond acceptors (Lipinski definition) is 0. The number of rotatable bonds is 2. The van der Waals surface area contributed by atoms with Gasteiger partial charge in [-0.15, -0.1) is 0 Å². The Hall–Kier alpha value is -2.18. The molecule has 0 bridgehead atoms. The van der Waals surface area contributed by atoms with Crippen molar-refractivity contribution in [2.75, 3.05) is 0 Å². The van der Waals surface area contributed by atoms with Gasteiger partial charge in [0, 0.05) is 0 Å². The molecule has 2 rings (SSSR count). The van der Waals surface area contributed by atoms with Crippen LogP contribution in [0.3, 0.4) is 0 Å². The van der Waals surface area contributed by atoms with Gasteiger partial charge in [0.25, 0.3) is 0 Å². The number of hydrogen-bond donors (Lipinski definition) is 0. The van der Waals surface area contributed by atoms with E-state index in [2.05, 4.69) is 4.79 Å². The Balaban J connectivity index is 2.50. The number of aryl methyl sites for hydroxylation is 1. The van der Waals surface area contributed by atoms with Gasteiger partial charge in [-0.1, -0.05) is 35.9 Å². The van der Waals surface area contributed by atoms with Crippen molar-refractivity contribution in [1.82, 2.24) is 0 Å². The summed E-state index contributed by atoms with van der Waals surface area (Å²) in [5.41, 5.74) is 12.7. The van der Waals surface area contributed by atoms with Crippen LogP contribution in [0.25, 0.3) is 5.53 Å². The molecule has 2 nitrogen and oxygen atoms in total. The quantitative estimate of drug-likeness (QED) is 0.413. The summed E-state index contributed by atoms with van der Waals surface area (Å²) in [5.74, 6) is 0. The third-order valence-electron chi connectivity index (χ3n) is 2.44. The molecule has 2 aromatic carbocycles. The molecule has 0 atom stereocenters. The van der Waals surface area contributed by atoms with Crippen LogP contribution in [0.4, 0.5) is 0 Å². The molecule has 0 aliphatic rings. The molecule has 0 unspecified atom stereocenters. The molecule has 16 heavy (non-hydrogen) atoms. The third-order valence-corrected chi connectivity index (χ3v) is 2.44. The number of nitrogens with zero attached hydrogens (tertiary/aromatic N) is 2. The second-order valence-electron chi connectivity index (χ2n) is 3.68. The van der Waals surface area contributed by atoms with Crippen LogP contribution in [0.15, 0.2) is 54.6 Å². The first-order valence-corrected chi connectivity index (χ1v) is 5.16. The van der Waals surface area contributed by atoms with Gasteiger partial charge in [-0.25, -0.2) is 0 Å². The van der Waals surface area contributed by atoms with Gasteiger partial charge in [0.2, 0.25) is 0 Å². The van der Waals surface area contributed by atoms with Crippen molar-refractivity contribution in [3.05, 3.63) is 76.8 Å². The van der Waals surface area contributed by atoms with Gasteiger partial charge in [0.05, 0.1) is 11.1 Å². The molecular formula is C14H12N2. The Morgan fingerprint density at radius 3 is 2.25 bits per heavy atom. The van der Waals surface area contributed by atoms with Crippen molar-refractivity contribution >= 4 is 5.71 Å². The van der Waals surface area contributed by atoms with E-state index in [-0.39, 0.29) is 0 Å². The van der Waals surface area contributed by atoms with Gasteiger partial charge in [0.1, 0.15) is 0 Å². The van der Waals surface area contributed by atoms with Gasteiger partial charge < -0.3 is 5.53 Å². The molecule has 2 heteroatoms. The molecule has 0 fully saturated rings. The largest absolute Gasteiger partial charge is 0.361 e. The number of benzene rings is 2. The fourth-order valence-corrected chi connectivity index (χ4v) is 1.67. The van der Waals surface area contributed by atoms with E-state index in [1.54, 1.807) is 0 Å². The maximum absolute atomic E-state index is 9.11. The minimum atomic E-state index is 0.601. The van der Waals surface area contributed by atoms with E-state index < -0.39 is 0 Å².